The molecule has 9 nitrogen and oxygen atoms in total. The average Bonchev–Trinajstić information content (AvgIpc) is 3.48. The minimum atomic E-state index is -4.68. The summed E-state index contributed by atoms with van der Waals surface area (Å²) >= 11 is 0. The third-order valence-electron chi connectivity index (χ3n) is 7.80. The van der Waals surface area contributed by atoms with Gasteiger partial charge in [-0.25, -0.2) is 23.7 Å². The molecule has 2 aliphatic carbocycles. The van der Waals surface area contributed by atoms with Gasteiger partial charge in [-0.1, -0.05) is 0 Å². The number of rotatable bonds is 8. The number of nitrogens with one attached hydrogen (secondary N) is 2. The molecule has 2 amide bonds. The predicted molar refractivity (Wildman–Crippen MR) is 141 cm³/mol. The number of hydrogen-bond acceptors (Lipinski definition) is 6. The number of nitrogens with zero attached hydrogens (tertiary/aromatic N) is 5. The molecule has 0 bridgehead atoms. The normalized spacial score (nSPS) is 17.5. The summed E-state index contributed by atoms with van der Waals surface area (Å²) in [6.45, 7) is -0.550. The van der Waals surface area contributed by atoms with Crippen molar-refractivity contribution in [2.75, 3.05) is 7.05 Å². The standard InChI is InChI=1S/C29H23F6N7O2/c1-36-28(44)19-6-15(9-38-27(19)32)20-10-37-12-39-25(20)21(4-13-2-16(30)8-17(31)3-13)40-23(43)11-42-22-7-14-5-18(14)24(22)26(41-42)29(33,34)35/h2-3,6,8-10,12,14,18,21H,4-5,7,11H2,1H3,(H,36,44)(H,40,43)/t14?,18?,21-/m0/s1. The summed E-state index contributed by atoms with van der Waals surface area (Å²) in [6.07, 6.45) is -0.236. The molecule has 2 aliphatic rings. The first-order valence-corrected chi connectivity index (χ1v) is 13.5. The van der Waals surface area contributed by atoms with Crippen LogP contribution in [0.3, 0.4) is 0 Å². The van der Waals surface area contributed by atoms with Crippen molar-refractivity contribution in [1.29, 1.82) is 0 Å². The Labute approximate surface area is 245 Å². The minimum absolute atomic E-state index is 0.0987. The van der Waals surface area contributed by atoms with E-state index in [0.717, 1.165) is 29.3 Å². The Hall–Kier alpha value is -4.82. The summed E-state index contributed by atoms with van der Waals surface area (Å²) in [4.78, 5) is 37.5. The van der Waals surface area contributed by atoms with Crippen molar-refractivity contribution in [2.24, 2.45) is 5.92 Å². The Morgan fingerprint density at radius 3 is 2.52 bits per heavy atom. The van der Waals surface area contributed by atoms with Gasteiger partial charge in [-0.05, 0) is 54.9 Å². The maximum atomic E-state index is 14.3. The van der Waals surface area contributed by atoms with Gasteiger partial charge in [0.05, 0.1) is 17.3 Å². The first-order valence-electron chi connectivity index (χ1n) is 13.5. The Kier molecular flexibility index (Phi) is 7.33. The molecule has 3 atom stereocenters. The highest BCUT2D eigenvalue weighted by molar-refractivity contribution is 5.95. The Morgan fingerprint density at radius 2 is 1.82 bits per heavy atom. The van der Waals surface area contributed by atoms with E-state index in [9.17, 15) is 35.9 Å². The summed E-state index contributed by atoms with van der Waals surface area (Å²) < 4.78 is 84.8. The van der Waals surface area contributed by atoms with Crippen molar-refractivity contribution < 1.29 is 35.9 Å². The van der Waals surface area contributed by atoms with Crippen molar-refractivity contribution >= 4 is 11.8 Å². The first kappa shape index (κ1) is 29.3. The second-order valence-electron chi connectivity index (χ2n) is 10.7. The highest BCUT2D eigenvalue weighted by atomic mass is 19.4. The van der Waals surface area contributed by atoms with Crippen LogP contribution in [-0.2, 0) is 30.4 Å². The number of fused-ring (bicyclic) bond motifs is 3. The van der Waals surface area contributed by atoms with Gasteiger partial charge in [0.1, 0.15) is 24.5 Å². The zero-order chi connectivity index (χ0) is 31.3. The van der Waals surface area contributed by atoms with Crippen molar-refractivity contribution in [3.63, 3.8) is 0 Å². The lowest BCUT2D eigenvalue weighted by molar-refractivity contribution is -0.142. The molecule has 1 aromatic carbocycles. The smallest absolute Gasteiger partial charge is 0.355 e. The average molecular weight is 616 g/mol. The lowest BCUT2D eigenvalue weighted by Crippen LogP contribution is -2.34. The highest BCUT2D eigenvalue weighted by Crippen LogP contribution is 2.59. The van der Waals surface area contributed by atoms with Crippen molar-refractivity contribution in [2.45, 2.75) is 43.9 Å². The molecule has 0 saturated heterocycles. The van der Waals surface area contributed by atoms with Crippen LogP contribution in [0, 0.1) is 23.5 Å². The number of pyridine rings is 1. The van der Waals surface area contributed by atoms with Gasteiger partial charge < -0.3 is 10.6 Å². The maximum absolute atomic E-state index is 14.3. The van der Waals surface area contributed by atoms with Crippen molar-refractivity contribution in [3.8, 4) is 11.1 Å². The third-order valence-corrected chi connectivity index (χ3v) is 7.80. The fraction of sp³-hybridized carbons (Fsp3) is 0.310. The molecule has 0 radical (unpaired) electrons. The van der Waals surface area contributed by atoms with E-state index >= 15 is 0 Å². The molecule has 4 aromatic rings. The van der Waals surface area contributed by atoms with E-state index in [2.05, 4.69) is 30.7 Å². The van der Waals surface area contributed by atoms with Gasteiger partial charge >= 0.3 is 6.18 Å². The van der Waals surface area contributed by atoms with Gasteiger partial charge in [0.25, 0.3) is 5.91 Å². The quantitative estimate of drug-likeness (QED) is 0.226. The number of alkyl halides is 3. The maximum Gasteiger partial charge on any atom is 0.435 e. The second kappa shape index (κ2) is 11.0. The fourth-order valence-electron chi connectivity index (χ4n) is 5.82. The van der Waals surface area contributed by atoms with Crippen LogP contribution in [0.1, 0.15) is 56.9 Å². The minimum Gasteiger partial charge on any atom is -0.355 e. The molecule has 0 spiro atoms. The van der Waals surface area contributed by atoms with Crippen LogP contribution in [-0.4, -0.2) is 43.6 Å². The van der Waals surface area contributed by atoms with Crippen molar-refractivity contribution in [3.05, 3.63) is 94.3 Å². The van der Waals surface area contributed by atoms with Gasteiger partial charge in [-0.2, -0.15) is 22.7 Å². The summed E-state index contributed by atoms with van der Waals surface area (Å²) in [5.41, 5.74) is -0.201. The third kappa shape index (κ3) is 5.61. The Bertz CT molecular complexity index is 1770. The van der Waals surface area contributed by atoms with E-state index in [1.54, 1.807) is 0 Å². The van der Waals surface area contributed by atoms with Crippen LogP contribution < -0.4 is 10.6 Å². The molecule has 1 saturated carbocycles. The zero-order valence-corrected chi connectivity index (χ0v) is 22.9. The van der Waals surface area contributed by atoms with Crippen LogP contribution in [0.25, 0.3) is 11.1 Å². The van der Waals surface area contributed by atoms with Gasteiger partial charge in [-0.15, -0.1) is 0 Å². The van der Waals surface area contributed by atoms with Crippen LogP contribution in [0.15, 0.2) is 43.0 Å². The number of aromatic nitrogens is 5. The molecule has 1 fully saturated rings. The van der Waals surface area contributed by atoms with Crippen LogP contribution in [0.2, 0.25) is 0 Å². The Balaban J connectivity index is 1.36. The molecular weight excluding hydrogens is 592 g/mol. The topological polar surface area (TPSA) is 115 Å². The lowest BCUT2D eigenvalue weighted by atomic mass is 9.96. The van der Waals surface area contributed by atoms with Crippen LogP contribution >= 0.6 is 0 Å². The number of benzene rings is 1. The van der Waals surface area contributed by atoms with E-state index in [4.69, 9.17) is 0 Å². The molecule has 2 N–H and O–H groups in total. The second-order valence-corrected chi connectivity index (χ2v) is 10.7. The molecular formula is C29H23F6N7O2. The molecule has 3 heterocycles. The summed E-state index contributed by atoms with van der Waals surface area (Å²) in [7, 11) is 1.31. The monoisotopic (exact) mass is 615 g/mol. The van der Waals surface area contributed by atoms with Gasteiger partial charge in [0, 0.05) is 47.9 Å². The molecule has 3 aromatic heterocycles. The zero-order valence-electron chi connectivity index (χ0n) is 22.9. The Morgan fingerprint density at radius 1 is 1.07 bits per heavy atom. The van der Waals surface area contributed by atoms with E-state index in [1.807, 2.05) is 0 Å². The van der Waals surface area contributed by atoms with Crippen molar-refractivity contribution in [1.82, 2.24) is 35.4 Å². The molecule has 0 aliphatic heterocycles. The predicted octanol–water partition coefficient (Wildman–Crippen LogP) is 4.29. The number of carbonyl (C=O) groups excluding carboxylic acids is 2. The summed E-state index contributed by atoms with van der Waals surface area (Å²) in [5, 5.41) is 8.76. The molecule has 228 valence electrons. The van der Waals surface area contributed by atoms with Gasteiger partial charge in [0.15, 0.2) is 5.69 Å². The largest absolute Gasteiger partial charge is 0.435 e. The molecule has 44 heavy (non-hydrogen) atoms. The highest BCUT2D eigenvalue weighted by Gasteiger charge is 2.53. The molecule has 2 unspecified atom stereocenters. The number of hydrogen-bond donors (Lipinski definition) is 2. The molecule has 6 rings (SSSR count). The molecule has 15 heteroatoms. The van der Waals surface area contributed by atoms with Crippen LogP contribution in [0.5, 0.6) is 0 Å². The number of carbonyl (C=O) groups is 2. The first-order chi connectivity index (χ1) is 20.9. The lowest BCUT2D eigenvalue weighted by Gasteiger charge is -2.21. The SMILES string of the molecule is CNC(=O)c1cc(-c2cncnc2[C@H](Cc2cc(F)cc(F)c2)NC(=O)Cn2nc(C(F)(F)F)c3c2CC2CC32)cnc1F. The van der Waals surface area contributed by atoms with E-state index < -0.39 is 53.9 Å². The number of halogens is 6. The number of amides is 2. The van der Waals surface area contributed by atoms with Gasteiger partial charge in [0.2, 0.25) is 11.9 Å². The van der Waals surface area contributed by atoms with E-state index in [-0.39, 0.29) is 51.8 Å². The van der Waals surface area contributed by atoms with Gasteiger partial charge in [-0.3, -0.25) is 14.3 Å². The van der Waals surface area contributed by atoms with Crippen LogP contribution in [0.4, 0.5) is 26.3 Å². The van der Waals surface area contributed by atoms with E-state index in [0.29, 0.717) is 24.6 Å². The summed E-state index contributed by atoms with van der Waals surface area (Å²) in [5.74, 6) is -4.37. The fourth-order valence-corrected chi connectivity index (χ4v) is 5.82. The van der Waals surface area contributed by atoms with E-state index in [1.165, 1.54) is 19.3 Å². The summed E-state index contributed by atoms with van der Waals surface area (Å²) in [6, 6.07) is 2.91.